The Bertz CT molecular complexity index is 318. The van der Waals surface area contributed by atoms with E-state index in [4.69, 9.17) is 4.74 Å². The summed E-state index contributed by atoms with van der Waals surface area (Å²) in [7, 11) is 0. The summed E-state index contributed by atoms with van der Waals surface area (Å²) in [4.78, 5) is 17.6. The molecule has 1 unspecified atom stereocenters. The van der Waals surface area contributed by atoms with E-state index in [2.05, 4.69) is 9.97 Å². The van der Waals surface area contributed by atoms with Crippen molar-refractivity contribution < 1.29 is 9.53 Å². The van der Waals surface area contributed by atoms with Gasteiger partial charge in [-0.3, -0.25) is 4.79 Å². The van der Waals surface area contributed by atoms with Gasteiger partial charge in [-0.05, 0) is 25.7 Å². The van der Waals surface area contributed by atoms with E-state index in [1.54, 1.807) is 6.20 Å². The SMILES string of the molecule is CCOC(c1ncc(C=O)[nH]1)C1CC1. The van der Waals surface area contributed by atoms with Gasteiger partial charge in [0.15, 0.2) is 6.29 Å². The number of ether oxygens (including phenoxy) is 1. The molecule has 2 rings (SSSR count). The largest absolute Gasteiger partial charge is 0.370 e. The second kappa shape index (κ2) is 3.92. The zero-order valence-electron chi connectivity index (χ0n) is 8.19. The van der Waals surface area contributed by atoms with Crippen molar-refractivity contribution in [3.8, 4) is 0 Å². The fraction of sp³-hybridized carbons (Fsp3) is 0.600. The molecule has 0 aliphatic heterocycles. The number of hydrogen-bond acceptors (Lipinski definition) is 3. The summed E-state index contributed by atoms with van der Waals surface area (Å²) >= 11 is 0. The summed E-state index contributed by atoms with van der Waals surface area (Å²) < 4.78 is 5.60. The Kier molecular flexibility index (Phi) is 2.63. The smallest absolute Gasteiger partial charge is 0.167 e. The quantitative estimate of drug-likeness (QED) is 0.726. The summed E-state index contributed by atoms with van der Waals surface area (Å²) in [6.45, 7) is 2.65. The van der Waals surface area contributed by atoms with Crippen molar-refractivity contribution in [2.24, 2.45) is 5.92 Å². The number of imidazole rings is 1. The van der Waals surface area contributed by atoms with Gasteiger partial charge < -0.3 is 9.72 Å². The van der Waals surface area contributed by atoms with Crippen molar-refractivity contribution >= 4 is 6.29 Å². The highest BCUT2D eigenvalue weighted by atomic mass is 16.5. The molecular weight excluding hydrogens is 180 g/mol. The van der Waals surface area contributed by atoms with Crippen LogP contribution in [0.25, 0.3) is 0 Å². The van der Waals surface area contributed by atoms with Crippen molar-refractivity contribution in [1.82, 2.24) is 9.97 Å². The Morgan fingerprint density at radius 1 is 1.79 bits per heavy atom. The molecular formula is C10H14N2O2. The number of nitrogens with one attached hydrogen (secondary N) is 1. The predicted octanol–water partition coefficient (Wildman–Crippen LogP) is 1.71. The summed E-state index contributed by atoms with van der Waals surface area (Å²) in [6.07, 6.45) is 4.76. The minimum absolute atomic E-state index is 0.0497. The van der Waals surface area contributed by atoms with E-state index in [1.807, 2.05) is 6.92 Å². The van der Waals surface area contributed by atoms with Crippen molar-refractivity contribution in [1.29, 1.82) is 0 Å². The Labute approximate surface area is 82.7 Å². The van der Waals surface area contributed by atoms with Crippen LogP contribution in [0.15, 0.2) is 6.20 Å². The molecule has 1 aromatic heterocycles. The number of aromatic nitrogens is 2. The predicted molar refractivity (Wildman–Crippen MR) is 51.1 cm³/mol. The minimum Gasteiger partial charge on any atom is -0.370 e. The van der Waals surface area contributed by atoms with Gasteiger partial charge in [0.2, 0.25) is 0 Å². The van der Waals surface area contributed by atoms with Gasteiger partial charge in [-0.25, -0.2) is 4.98 Å². The number of rotatable bonds is 5. The highest BCUT2D eigenvalue weighted by Crippen LogP contribution is 2.42. The Balaban J connectivity index is 2.12. The third kappa shape index (κ3) is 1.85. The lowest BCUT2D eigenvalue weighted by atomic mass is 10.2. The summed E-state index contributed by atoms with van der Waals surface area (Å²) in [5.74, 6) is 1.37. The van der Waals surface area contributed by atoms with Gasteiger partial charge in [-0.1, -0.05) is 0 Å². The van der Waals surface area contributed by atoms with Crippen LogP contribution in [0, 0.1) is 5.92 Å². The van der Waals surface area contributed by atoms with Crippen molar-refractivity contribution in [2.45, 2.75) is 25.9 Å². The fourth-order valence-electron chi connectivity index (χ4n) is 1.57. The standard InChI is InChI=1S/C10H14N2O2/c1-2-14-9(7-3-4-7)10-11-5-8(6-13)12-10/h5-7,9H,2-4H2,1H3,(H,11,12). The van der Waals surface area contributed by atoms with Gasteiger partial charge in [0.1, 0.15) is 11.9 Å². The molecule has 1 aliphatic carbocycles. The molecule has 0 bridgehead atoms. The Morgan fingerprint density at radius 2 is 2.57 bits per heavy atom. The van der Waals surface area contributed by atoms with E-state index in [9.17, 15) is 4.79 Å². The summed E-state index contributed by atoms with van der Waals surface area (Å²) in [5, 5.41) is 0. The fourth-order valence-corrected chi connectivity index (χ4v) is 1.57. The molecule has 1 aromatic rings. The number of aromatic amines is 1. The van der Waals surface area contributed by atoms with E-state index >= 15 is 0 Å². The maximum atomic E-state index is 10.5. The highest BCUT2D eigenvalue weighted by molar-refractivity contribution is 5.71. The third-order valence-electron chi connectivity index (χ3n) is 2.41. The number of carbonyl (C=O) groups is 1. The summed E-state index contributed by atoms with van der Waals surface area (Å²) in [6, 6.07) is 0. The normalized spacial score (nSPS) is 18.1. The molecule has 4 nitrogen and oxygen atoms in total. The molecule has 4 heteroatoms. The molecule has 0 radical (unpaired) electrons. The minimum atomic E-state index is 0.0497. The lowest BCUT2D eigenvalue weighted by Crippen LogP contribution is -2.08. The van der Waals surface area contributed by atoms with E-state index in [1.165, 1.54) is 12.8 Å². The van der Waals surface area contributed by atoms with E-state index in [-0.39, 0.29) is 6.10 Å². The summed E-state index contributed by atoms with van der Waals surface area (Å²) in [5.41, 5.74) is 0.519. The zero-order chi connectivity index (χ0) is 9.97. The average Bonchev–Trinajstić information content (AvgIpc) is 2.92. The van der Waals surface area contributed by atoms with E-state index in [0.29, 0.717) is 18.2 Å². The third-order valence-corrected chi connectivity index (χ3v) is 2.41. The van der Waals surface area contributed by atoms with Crippen LogP contribution in [-0.2, 0) is 4.74 Å². The van der Waals surface area contributed by atoms with Gasteiger partial charge in [-0.15, -0.1) is 0 Å². The number of H-pyrrole nitrogens is 1. The monoisotopic (exact) mass is 194 g/mol. The van der Waals surface area contributed by atoms with Crippen molar-refractivity contribution in [3.63, 3.8) is 0 Å². The van der Waals surface area contributed by atoms with E-state index < -0.39 is 0 Å². The molecule has 0 aromatic carbocycles. The molecule has 1 N–H and O–H groups in total. The molecule has 0 spiro atoms. The molecule has 1 heterocycles. The highest BCUT2D eigenvalue weighted by Gasteiger charge is 2.34. The molecule has 0 amide bonds. The first kappa shape index (κ1) is 9.40. The molecule has 1 atom stereocenters. The van der Waals surface area contributed by atoms with Gasteiger partial charge in [0.05, 0.1) is 11.9 Å². The van der Waals surface area contributed by atoms with E-state index in [0.717, 1.165) is 12.1 Å². The lowest BCUT2D eigenvalue weighted by molar-refractivity contribution is 0.0406. The number of aldehydes is 1. The van der Waals surface area contributed by atoms with Crippen molar-refractivity contribution in [3.05, 3.63) is 17.7 Å². The first-order valence-corrected chi connectivity index (χ1v) is 4.96. The maximum Gasteiger partial charge on any atom is 0.167 e. The number of nitrogens with zero attached hydrogens (tertiary/aromatic N) is 1. The van der Waals surface area contributed by atoms with Crippen LogP contribution in [0.3, 0.4) is 0 Å². The van der Waals surface area contributed by atoms with Crippen LogP contribution in [0.1, 0.15) is 42.2 Å². The second-order valence-corrected chi connectivity index (χ2v) is 3.56. The number of carbonyl (C=O) groups excluding carboxylic acids is 1. The van der Waals surface area contributed by atoms with Gasteiger partial charge in [-0.2, -0.15) is 0 Å². The van der Waals surface area contributed by atoms with Crippen LogP contribution >= 0.6 is 0 Å². The van der Waals surface area contributed by atoms with Gasteiger partial charge in [0.25, 0.3) is 0 Å². The van der Waals surface area contributed by atoms with Crippen LogP contribution in [0.5, 0.6) is 0 Å². The molecule has 0 saturated heterocycles. The average molecular weight is 194 g/mol. The molecule has 14 heavy (non-hydrogen) atoms. The van der Waals surface area contributed by atoms with Crippen LogP contribution in [0.2, 0.25) is 0 Å². The van der Waals surface area contributed by atoms with Gasteiger partial charge in [0, 0.05) is 6.61 Å². The van der Waals surface area contributed by atoms with Crippen LogP contribution in [0.4, 0.5) is 0 Å². The van der Waals surface area contributed by atoms with Crippen molar-refractivity contribution in [2.75, 3.05) is 6.61 Å². The first-order valence-electron chi connectivity index (χ1n) is 4.96. The Hall–Kier alpha value is -1.16. The number of hydrogen-bond donors (Lipinski definition) is 1. The lowest BCUT2D eigenvalue weighted by Gasteiger charge is -2.12. The molecule has 1 saturated carbocycles. The molecule has 1 aliphatic rings. The van der Waals surface area contributed by atoms with Crippen LogP contribution in [-0.4, -0.2) is 22.9 Å². The molecule has 1 fully saturated rings. The second-order valence-electron chi connectivity index (χ2n) is 3.56. The van der Waals surface area contributed by atoms with Gasteiger partial charge >= 0.3 is 0 Å². The first-order chi connectivity index (χ1) is 6.85. The Morgan fingerprint density at radius 3 is 3.07 bits per heavy atom. The zero-order valence-corrected chi connectivity index (χ0v) is 8.19. The van der Waals surface area contributed by atoms with Crippen LogP contribution < -0.4 is 0 Å². The topological polar surface area (TPSA) is 55.0 Å². The maximum absolute atomic E-state index is 10.5. The molecule has 76 valence electrons.